The van der Waals surface area contributed by atoms with Crippen LogP contribution in [-0.4, -0.2) is 20.1 Å². The van der Waals surface area contributed by atoms with E-state index in [0.29, 0.717) is 11.3 Å². The smallest absolute Gasteiger partial charge is 0.217 e. The molecule has 0 radical (unpaired) electrons. The molecule has 0 saturated carbocycles. The lowest BCUT2D eigenvalue weighted by Crippen LogP contribution is -2.25. The molecule has 0 aliphatic heterocycles. The number of para-hydroxylation sites is 1. The van der Waals surface area contributed by atoms with E-state index in [-0.39, 0.29) is 12.3 Å². The molecule has 1 heterocycles. The first kappa shape index (κ1) is 15.5. The van der Waals surface area contributed by atoms with Gasteiger partial charge in [0, 0.05) is 11.9 Å². The van der Waals surface area contributed by atoms with Crippen molar-refractivity contribution in [2.24, 2.45) is 0 Å². The van der Waals surface area contributed by atoms with Crippen LogP contribution in [0.2, 0.25) is 0 Å². The van der Waals surface area contributed by atoms with Gasteiger partial charge in [0.2, 0.25) is 10.0 Å². The minimum atomic E-state index is -3.47. The van der Waals surface area contributed by atoms with Crippen LogP contribution in [0, 0.1) is 0 Å². The SMILES string of the molecule is O=S(=O)(Cc1noc2ccccc12)NCC=Cc1ccccc1. The molecule has 23 heavy (non-hydrogen) atoms. The van der Waals surface area contributed by atoms with Gasteiger partial charge in [-0.15, -0.1) is 0 Å². The van der Waals surface area contributed by atoms with Crippen molar-refractivity contribution >= 4 is 27.1 Å². The Labute approximate surface area is 134 Å². The van der Waals surface area contributed by atoms with Gasteiger partial charge in [-0.3, -0.25) is 0 Å². The first-order valence-electron chi connectivity index (χ1n) is 7.16. The van der Waals surface area contributed by atoms with Gasteiger partial charge in [-0.25, -0.2) is 13.1 Å². The third kappa shape index (κ3) is 4.06. The second-order valence-corrected chi connectivity index (χ2v) is 6.85. The summed E-state index contributed by atoms with van der Waals surface area (Å²) in [6.07, 6.45) is 3.64. The highest BCUT2D eigenvalue weighted by molar-refractivity contribution is 7.88. The van der Waals surface area contributed by atoms with Crippen molar-refractivity contribution in [2.45, 2.75) is 5.75 Å². The van der Waals surface area contributed by atoms with E-state index >= 15 is 0 Å². The summed E-state index contributed by atoms with van der Waals surface area (Å²) in [4.78, 5) is 0. The highest BCUT2D eigenvalue weighted by Crippen LogP contribution is 2.19. The van der Waals surface area contributed by atoms with Gasteiger partial charge in [0.1, 0.15) is 11.4 Å². The highest BCUT2D eigenvalue weighted by Gasteiger charge is 2.16. The normalized spacial score (nSPS) is 12.2. The number of nitrogens with zero attached hydrogens (tertiary/aromatic N) is 1. The van der Waals surface area contributed by atoms with Crippen molar-refractivity contribution in [1.29, 1.82) is 0 Å². The molecule has 1 aromatic heterocycles. The molecular weight excluding hydrogens is 312 g/mol. The fourth-order valence-electron chi connectivity index (χ4n) is 2.21. The van der Waals surface area contributed by atoms with E-state index in [1.54, 1.807) is 18.2 Å². The fourth-order valence-corrected chi connectivity index (χ4v) is 3.23. The molecule has 118 valence electrons. The quantitative estimate of drug-likeness (QED) is 0.755. The van der Waals surface area contributed by atoms with E-state index in [1.165, 1.54) is 0 Å². The van der Waals surface area contributed by atoms with Gasteiger partial charge in [0.05, 0.1) is 0 Å². The van der Waals surface area contributed by atoms with Crippen molar-refractivity contribution in [2.75, 3.05) is 6.54 Å². The van der Waals surface area contributed by atoms with Gasteiger partial charge < -0.3 is 4.52 Å². The van der Waals surface area contributed by atoms with Gasteiger partial charge >= 0.3 is 0 Å². The number of hydrogen-bond donors (Lipinski definition) is 1. The maximum absolute atomic E-state index is 12.1. The van der Waals surface area contributed by atoms with Crippen LogP contribution in [0.3, 0.4) is 0 Å². The summed E-state index contributed by atoms with van der Waals surface area (Å²) in [6.45, 7) is 0.229. The van der Waals surface area contributed by atoms with Crippen LogP contribution >= 0.6 is 0 Å². The van der Waals surface area contributed by atoms with Crippen molar-refractivity contribution in [1.82, 2.24) is 9.88 Å². The molecule has 0 bridgehead atoms. The first-order valence-corrected chi connectivity index (χ1v) is 8.81. The van der Waals surface area contributed by atoms with E-state index in [0.717, 1.165) is 10.9 Å². The third-order valence-corrected chi connectivity index (χ3v) is 4.57. The van der Waals surface area contributed by atoms with Crippen LogP contribution in [-0.2, 0) is 15.8 Å². The van der Waals surface area contributed by atoms with Gasteiger partial charge in [-0.05, 0) is 17.7 Å². The maximum Gasteiger partial charge on any atom is 0.217 e. The van der Waals surface area contributed by atoms with Crippen LogP contribution < -0.4 is 4.72 Å². The molecule has 0 fully saturated rings. The molecule has 0 aliphatic rings. The monoisotopic (exact) mass is 328 g/mol. The molecular formula is C17H16N2O3S. The predicted octanol–water partition coefficient (Wildman–Crippen LogP) is 2.96. The second kappa shape index (κ2) is 6.76. The average molecular weight is 328 g/mol. The van der Waals surface area contributed by atoms with Crippen molar-refractivity contribution in [3.05, 3.63) is 71.9 Å². The molecule has 6 heteroatoms. The first-order chi connectivity index (χ1) is 11.1. The molecule has 0 amide bonds. The predicted molar refractivity (Wildman–Crippen MR) is 90.1 cm³/mol. The Morgan fingerprint density at radius 1 is 1.04 bits per heavy atom. The molecule has 0 unspecified atom stereocenters. The van der Waals surface area contributed by atoms with E-state index < -0.39 is 10.0 Å². The van der Waals surface area contributed by atoms with Crippen LogP contribution in [0.5, 0.6) is 0 Å². The molecule has 0 spiro atoms. The number of rotatable bonds is 6. The second-order valence-electron chi connectivity index (χ2n) is 5.05. The lowest BCUT2D eigenvalue weighted by Gasteiger charge is -2.02. The Balaban J connectivity index is 1.62. The fraction of sp³-hybridized carbons (Fsp3) is 0.118. The molecule has 2 aromatic carbocycles. The van der Waals surface area contributed by atoms with E-state index in [4.69, 9.17) is 4.52 Å². The largest absolute Gasteiger partial charge is 0.356 e. The molecule has 3 rings (SSSR count). The zero-order chi connectivity index (χ0) is 16.1. The van der Waals surface area contributed by atoms with Gasteiger partial charge in [-0.2, -0.15) is 0 Å². The van der Waals surface area contributed by atoms with Crippen LogP contribution in [0.15, 0.2) is 65.2 Å². The van der Waals surface area contributed by atoms with Gasteiger partial charge in [0.25, 0.3) is 0 Å². The molecule has 0 aliphatic carbocycles. The summed E-state index contributed by atoms with van der Waals surface area (Å²) < 4.78 is 31.9. The molecule has 3 aromatic rings. The third-order valence-electron chi connectivity index (χ3n) is 3.31. The maximum atomic E-state index is 12.1. The summed E-state index contributed by atoms with van der Waals surface area (Å²) in [5, 5.41) is 4.56. The lowest BCUT2D eigenvalue weighted by molar-refractivity contribution is 0.448. The van der Waals surface area contributed by atoms with Crippen molar-refractivity contribution in [3.63, 3.8) is 0 Å². The number of nitrogens with one attached hydrogen (secondary N) is 1. The summed E-state index contributed by atoms with van der Waals surface area (Å²) in [7, 11) is -3.47. The Kier molecular flexibility index (Phi) is 4.55. The Morgan fingerprint density at radius 3 is 2.61 bits per heavy atom. The summed E-state index contributed by atoms with van der Waals surface area (Å²) in [5.74, 6) is -0.205. The number of benzene rings is 2. The molecule has 0 atom stereocenters. The zero-order valence-electron chi connectivity index (χ0n) is 12.3. The number of aromatic nitrogens is 1. The van der Waals surface area contributed by atoms with Crippen molar-refractivity contribution in [3.8, 4) is 0 Å². The Hall–Kier alpha value is -2.44. The van der Waals surface area contributed by atoms with E-state index in [9.17, 15) is 8.42 Å². The van der Waals surface area contributed by atoms with Crippen molar-refractivity contribution < 1.29 is 12.9 Å². The summed E-state index contributed by atoms with van der Waals surface area (Å²) >= 11 is 0. The summed E-state index contributed by atoms with van der Waals surface area (Å²) in [6, 6.07) is 16.9. The number of sulfonamides is 1. The van der Waals surface area contributed by atoms with Gasteiger partial charge in [-0.1, -0.05) is 59.8 Å². The molecule has 5 nitrogen and oxygen atoms in total. The van der Waals surface area contributed by atoms with Crippen LogP contribution in [0.25, 0.3) is 17.0 Å². The molecule has 1 N–H and O–H groups in total. The van der Waals surface area contributed by atoms with Crippen LogP contribution in [0.1, 0.15) is 11.3 Å². The average Bonchev–Trinajstić information content (AvgIpc) is 2.95. The standard InChI is InChI=1S/C17H16N2O3S/c20-23(21,18-12-6-9-14-7-2-1-3-8-14)13-16-15-10-4-5-11-17(15)22-19-16/h1-11,18H,12-13H2. The number of hydrogen-bond acceptors (Lipinski definition) is 4. The minimum absolute atomic E-state index is 0.205. The topological polar surface area (TPSA) is 72.2 Å². The Morgan fingerprint density at radius 2 is 1.78 bits per heavy atom. The van der Waals surface area contributed by atoms with Crippen LogP contribution in [0.4, 0.5) is 0 Å². The van der Waals surface area contributed by atoms with E-state index in [2.05, 4.69) is 9.88 Å². The summed E-state index contributed by atoms with van der Waals surface area (Å²) in [5.41, 5.74) is 2.02. The van der Waals surface area contributed by atoms with E-state index in [1.807, 2.05) is 48.5 Å². The molecule has 0 saturated heterocycles. The van der Waals surface area contributed by atoms with Gasteiger partial charge in [0.15, 0.2) is 5.58 Å². The Bertz CT molecular complexity index is 915. The lowest BCUT2D eigenvalue weighted by atomic mass is 10.2. The zero-order valence-corrected chi connectivity index (χ0v) is 13.2. The highest BCUT2D eigenvalue weighted by atomic mass is 32.2. The number of fused-ring (bicyclic) bond motifs is 1. The minimum Gasteiger partial charge on any atom is -0.356 e.